The van der Waals surface area contributed by atoms with Crippen LogP contribution in [0, 0.1) is 17.8 Å². The summed E-state index contributed by atoms with van der Waals surface area (Å²) in [5.74, 6) is -0.323. The standard InChI is InChI=1S/3C14H22N4O5.3ClH/c3*1-3-8(2)12(16)13(19)22-7-11-21-6-10(23-11)18-5-4-9(15)17-14(18)20;;;/h3*4-5,8,10-12H,3,6-7,16H2,1-2H3,(H2,15,17,20);3*1H/t2*8?,10-,11-,12?;;;;/m10..../s1. The van der Waals surface area contributed by atoms with E-state index in [4.69, 9.17) is 59.8 Å². The molecule has 72 heavy (non-hydrogen) atoms. The number of ether oxygens (including phenoxy) is 9. The lowest BCUT2D eigenvalue weighted by Crippen LogP contribution is -3.00. The molecule has 15 N–H and O–H groups in total. The zero-order valence-corrected chi connectivity index (χ0v) is 43.3. The second kappa shape index (κ2) is 31.5. The summed E-state index contributed by atoms with van der Waals surface area (Å²) >= 11 is 0. The van der Waals surface area contributed by atoms with E-state index in [-0.39, 0.29) is 130 Å². The van der Waals surface area contributed by atoms with Gasteiger partial charge in [0.1, 0.15) is 37.3 Å². The van der Waals surface area contributed by atoms with Gasteiger partial charge < -0.3 is 114 Å². The highest BCUT2D eigenvalue weighted by Crippen LogP contribution is 2.22. The first-order valence-corrected chi connectivity index (χ1v) is 22.6. The van der Waals surface area contributed by atoms with Crippen LogP contribution in [0.2, 0.25) is 0 Å². The van der Waals surface area contributed by atoms with Crippen molar-refractivity contribution in [3.05, 3.63) is 68.2 Å². The highest BCUT2D eigenvalue weighted by Gasteiger charge is 2.34. The molecule has 12 atom stereocenters. The van der Waals surface area contributed by atoms with Crippen LogP contribution in [0.5, 0.6) is 0 Å². The molecule has 0 aromatic carbocycles. The maximum absolute atomic E-state index is 11.9. The number of anilines is 3. The van der Waals surface area contributed by atoms with Crippen molar-refractivity contribution in [2.45, 2.75) is 116 Å². The highest BCUT2D eigenvalue weighted by atomic mass is 35.5. The number of hydrogen-bond acceptors (Lipinski definition) is 21. The number of carbonyl (C=O) groups excluding carboxylic acids is 3. The Morgan fingerprint density at radius 2 is 0.778 bits per heavy atom. The van der Waals surface area contributed by atoms with Gasteiger partial charge in [0.05, 0.1) is 19.8 Å². The third kappa shape index (κ3) is 19.1. The fourth-order valence-electron chi connectivity index (χ4n) is 6.29. The Balaban J connectivity index is 0.000000529. The van der Waals surface area contributed by atoms with Gasteiger partial charge in [-0.1, -0.05) is 41.5 Å². The van der Waals surface area contributed by atoms with Crippen molar-refractivity contribution in [1.82, 2.24) is 28.7 Å². The molecule has 3 aromatic heterocycles. The molecule has 3 aliphatic heterocycles. The van der Waals surface area contributed by atoms with Crippen molar-refractivity contribution >= 4 is 35.4 Å². The Morgan fingerprint density at radius 3 is 0.986 bits per heavy atom. The van der Waals surface area contributed by atoms with Crippen LogP contribution in [-0.4, -0.2) is 123 Å². The number of carbonyl (C=O) groups is 3. The average Bonchev–Trinajstić information content (AvgIpc) is 4.13. The van der Waals surface area contributed by atoms with Crippen molar-refractivity contribution in [2.75, 3.05) is 56.8 Å². The lowest BCUT2D eigenvalue weighted by atomic mass is 10.0. The van der Waals surface area contributed by atoms with Gasteiger partial charge in [0.2, 0.25) is 0 Å². The predicted octanol–water partition coefficient (Wildman–Crippen LogP) is -12.3. The summed E-state index contributed by atoms with van der Waals surface area (Å²) in [5.41, 5.74) is 26.2. The van der Waals surface area contributed by atoms with Crippen LogP contribution >= 0.6 is 0 Å². The second-order valence-electron chi connectivity index (χ2n) is 16.6. The van der Waals surface area contributed by atoms with Gasteiger partial charge in [-0.05, 0) is 37.5 Å². The molecule has 3 aromatic rings. The SMILES string of the molecule is CCC(C)C([NH3+])C(=O)OCC1OCC(n2ccc(N)nc2=O)O1.CCC(C)C([NH3+])C(=O)OC[C@@H]1OC[C@H](n2ccc(N)nc2=O)O1.CCC(C)C([NH3+])C(=O)OC[C@H]1OC[C@@H](n2ccc(N)nc2=O)O1.[Cl-].[Cl-].[Cl-]. The van der Waals surface area contributed by atoms with Gasteiger partial charge in [-0.25, -0.2) is 28.8 Å². The molecule has 27 nitrogen and oxygen atoms in total. The zero-order chi connectivity index (χ0) is 50.9. The molecule has 0 amide bonds. The molecule has 0 radical (unpaired) electrons. The maximum atomic E-state index is 11.9. The summed E-state index contributed by atoms with van der Waals surface area (Å²) in [4.78, 5) is 81.7. The second-order valence-corrected chi connectivity index (χ2v) is 16.6. The number of esters is 3. The quantitative estimate of drug-likeness (QED) is 0.0509. The van der Waals surface area contributed by atoms with Crippen LogP contribution in [0.25, 0.3) is 0 Å². The van der Waals surface area contributed by atoms with E-state index in [1.165, 1.54) is 50.5 Å². The number of nitrogens with zero attached hydrogens (tertiary/aromatic N) is 6. The maximum Gasteiger partial charge on any atom is 0.365 e. The topological polar surface area (TPSA) is 400 Å². The largest absolute Gasteiger partial charge is 1.00 e. The molecule has 3 saturated heterocycles. The van der Waals surface area contributed by atoms with Crippen LogP contribution in [0.1, 0.15) is 79.5 Å². The minimum atomic E-state index is -0.725. The molecule has 8 unspecified atom stereocenters. The van der Waals surface area contributed by atoms with Crippen LogP contribution in [0.15, 0.2) is 51.2 Å². The molecule has 3 fully saturated rings. The van der Waals surface area contributed by atoms with Crippen molar-refractivity contribution in [2.24, 2.45) is 17.8 Å². The fourth-order valence-corrected chi connectivity index (χ4v) is 6.29. The molecule has 30 heteroatoms. The lowest BCUT2D eigenvalue weighted by Gasteiger charge is -2.16. The number of rotatable bonds is 18. The Hall–Kier alpha value is -5.04. The summed E-state index contributed by atoms with van der Waals surface area (Å²) in [7, 11) is 0. The van der Waals surface area contributed by atoms with Gasteiger partial charge in [0.25, 0.3) is 0 Å². The van der Waals surface area contributed by atoms with E-state index in [0.717, 1.165) is 19.3 Å². The Kier molecular flexibility index (Phi) is 28.5. The third-order valence-electron chi connectivity index (χ3n) is 11.7. The van der Waals surface area contributed by atoms with E-state index in [0.29, 0.717) is 0 Å². The first-order valence-electron chi connectivity index (χ1n) is 22.6. The van der Waals surface area contributed by atoms with E-state index < -0.39 is 72.7 Å². The third-order valence-corrected chi connectivity index (χ3v) is 11.7. The van der Waals surface area contributed by atoms with Crippen LogP contribution in [0.4, 0.5) is 17.5 Å². The predicted molar refractivity (Wildman–Crippen MR) is 240 cm³/mol. The van der Waals surface area contributed by atoms with E-state index >= 15 is 0 Å². The number of quaternary nitrogens is 3. The van der Waals surface area contributed by atoms with Gasteiger partial charge in [-0.15, -0.1) is 0 Å². The number of nitrogens with two attached hydrogens (primary N) is 3. The van der Waals surface area contributed by atoms with Crippen molar-refractivity contribution in [3.63, 3.8) is 0 Å². The summed E-state index contributed by atoms with van der Waals surface area (Å²) < 4.78 is 52.1. The Bertz CT molecular complexity index is 2080. The molecular formula is C42H69Cl3N12O15. The number of nitrogen functional groups attached to an aromatic ring is 3. The molecule has 408 valence electrons. The fraction of sp³-hybridized carbons (Fsp3) is 0.643. The monoisotopic (exact) mass is 1090 g/mol. The number of halogens is 3. The molecule has 3 aliphatic rings. The lowest BCUT2D eigenvalue weighted by molar-refractivity contribution is -0.420. The van der Waals surface area contributed by atoms with E-state index in [2.05, 4.69) is 32.2 Å². The Labute approximate surface area is 433 Å². The smallest absolute Gasteiger partial charge is 0.365 e. The van der Waals surface area contributed by atoms with E-state index in [1.54, 1.807) is 0 Å². The molecule has 0 bridgehead atoms. The summed E-state index contributed by atoms with van der Waals surface area (Å²) in [6.07, 6.45) is 2.95. The molecule has 0 aliphatic carbocycles. The molecule has 6 rings (SSSR count). The number of hydrogen-bond donors (Lipinski definition) is 6. The van der Waals surface area contributed by atoms with E-state index in [1.807, 2.05) is 41.5 Å². The number of aromatic nitrogens is 6. The minimum Gasteiger partial charge on any atom is -1.00 e. The van der Waals surface area contributed by atoms with E-state index in [9.17, 15) is 28.8 Å². The zero-order valence-electron chi connectivity index (χ0n) is 41.1. The van der Waals surface area contributed by atoms with Gasteiger partial charge >= 0.3 is 35.0 Å². The Morgan fingerprint density at radius 1 is 0.542 bits per heavy atom. The molecule has 6 heterocycles. The van der Waals surface area contributed by atoms with Crippen molar-refractivity contribution in [3.8, 4) is 0 Å². The van der Waals surface area contributed by atoms with Gasteiger partial charge in [-0.2, -0.15) is 15.0 Å². The molecule has 0 spiro atoms. The first-order chi connectivity index (χ1) is 32.8. The summed E-state index contributed by atoms with van der Waals surface area (Å²) in [5, 5.41) is 0. The van der Waals surface area contributed by atoms with Gasteiger partial charge in [0, 0.05) is 36.3 Å². The summed E-state index contributed by atoms with van der Waals surface area (Å²) in [6.45, 7) is 12.1. The van der Waals surface area contributed by atoms with Gasteiger partial charge in [0.15, 0.2) is 55.7 Å². The minimum absolute atomic E-state index is 0. The molecular weight excluding hydrogens is 1020 g/mol. The van der Waals surface area contributed by atoms with Gasteiger partial charge in [-0.3, -0.25) is 13.7 Å². The summed E-state index contributed by atoms with van der Waals surface area (Å²) in [6, 6.07) is 3.20. The highest BCUT2D eigenvalue weighted by molar-refractivity contribution is 5.75. The van der Waals surface area contributed by atoms with Crippen molar-refractivity contribution < 1.29 is 111 Å². The molecule has 0 saturated carbocycles. The van der Waals surface area contributed by atoms with Crippen LogP contribution in [-0.2, 0) is 57.0 Å². The van der Waals surface area contributed by atoms with Crippen LogP contribution < -0.4 is 88.7 Å². The first kappa shape index (κ1) is 65.0. The average molecular weight is 1090 g/mol. The normalized spacial score (nSPS) is 22.5. The van der Waals surface area contributed by atoms with Crippen molar-refractivity contribution in [1.29, 1.82) is 0 Å². The van der Waals surface area contributed by atoms with Crippen LogP contribution in [0.3, 0.4) is 0 Å².